The molecule has 0 heterocycles. The molecule has 0 bridgehead atoms. The number of carbonyl (C=O) groups excluding carboxylic acids is 1. The molecule has 0 aliphatic carbocycles. The molecule has 0 aromatic heterocycles. The predicted molar refractivity (Wildman–Crippen MR) is 123 cm³/mol. The van der Waals surface area contributed by atoms with Crippen LogP contribution in [-0.2, 0) is 4.79 Å². The van der Waals surface area contributed by atoms with Crippen LogP contribution in [0.2, 0.25) is 0 Å². The van der Waals surface area contributed by atoms with Crippen LogP contribution in [0.4, 0.5) is 0 Å². The fraction of sp³-hybridized carbons (Fsp3) is 0.654. The van der Waals surface area contributed by atoms with Crippen molar-refractivity contribution in [1.82, 2.24) is 0 Å². The number of Topliss-reactive ketones (excluding diaryl/α,β-unsaturated/α-hetero) is 1. The van der Waals surface area contributed by atoms with Gasteiger partial charge in [-0.05, 0) is 51.2 Å². The first kappa shape index (κ1) is 26.4. The molecule has 0 amide bonds. The molecular weight excluding hydrogens is 344 g/mol. The van der Waals surface area contributed by atoms with Gasteiger partial charge in [-0.2, -0.15) is 0 Å². The van der Waals surface area contributed by atoms with E-state index in [0.717, 1.165) is 18.6 Å². The molecule has 0 spiro atoms. The second-order valence-corrected chi connectivity index (χ2v) is 7.55. The molecule has 0 unspecified atom stereocenters. The number of benzene rings is 1. The molecule has 2 nitrogen and oxygen atoms in total. The molecule has 1 aromatic rings. The van der Waals surface area contributed by atoms with Crippen molar-refractivity contribution in [1.29, 1.82) is 0 Å². The normalized spacial score (nSPS) is 10.5. The zero-order chi connectivity index (χ0) is 20.7. The Morgan fingerprint density at radius 1 is 0.786 bits per heavy atom. The lowest BCUT2D eigenvalue weighted by molar-refractivity contribution is -0.117. The summed E-state index contributed by atoms with van der Waals surface area (Å²) in [5.74, 6) is 1.25. The third-order valence-corrected chi connectivity index (χ3v) is 4.77. The summed E-state index contributed by atoms with van der Waals surface area (Å²) >= 11 is 0. The standard InChI is InChI=1S/C19H36O.C7H8O/c1-3-4-5-6-7-8-9-10-11-12-13-14-15-16-17-18-19(2)20;1-8-7-5-3-2-4-6-7/h10-11H,3-9,12-18H2,1-2H3;2-6H,1H3/b11-10+;. The second kappa shape index (κ2) is 21.7. The van der Waals surface area contributed by atoms with Crippen LogP contribution in [0.1, 0.15) is 104 Å². The van der Waals surface area contributed by atoms with E-state index in [-0.39, 0.29) is 0 Å². The van der Waals surface area contributed by atoms with E-state index in [9.17, 15) is 4.79 Å². The second-order valence-electron chi connectivity index (χ2n) is 7.55. The zero-order valence-electron chi connectivity index (χ0n) is 18.8. The minimum atomic E-state index is 0.336. The summed E-state index contributed by atoms with van der Waals surface area (Å²) in [5, 5.41) is 0. The maximum absolute atomic E-state index is 10.8. The summed E-state index contributed by atoms with van der Waals surface area (Å²) in [5.41, 5.74) is 0. The number of para-hydroxylation sites is 1. The largest absolute Gasteiger partial charge is 0.497 e. The van der Waals surface area contributed by atoms with Crippen molar-refractivity contribution in [3.8, 4) is 5.75 Å². The molecule has 0 aliphatic rings. The van der Waals surface area contributed by atoms with Crippen LogP contribution < -0.4 is 4.74 Å². The number of allylic oxidation sites excluding steroid dienone is 2. The average molecular weight is 389 g/mol. The molecule has 1 aromatic carbocycles. The number of methoxy groups -OCH3 is 1. The number of ether oxygens (including phenoxy) is 1. The number of ketones is 1. The number of hydrogen-bond acceptors (Lipinski definition) is 2. The highest BCUT2D eigenvalue weighted by atomic mass is 16.5. The Labute approximate surface area is 174 Å². The van der Waals surface area contributed by atoms with Gasteiger partial charge in [-0.25, -0.2) is 0 Å². The minimum Gasteiger partial charge on any atom is -0.497 e. The molecule has 0 radical (unpaired) electrons. The van der Waals surface area contributed by atoms with Gasteiger partial charge in [0.25, 0.3) is 0 Å². The van der Waals surface area contributed by atoms with E-state index in [2.05, 4.69) is 19.1 Å². The summed E-state index contributed by atoms with van der Waals surface area (Å²) in [6.45, 7) is 3.96. The topological polar surface area (TPSA) is 26.3 Å². The van der Waals surface area contributed by atoms with E-state index in [1.165, 1.54) is 77.0 Å². The molecule has 1 rings (SSSR count). The smallest absolute Gasteiger partial charge is 0.129 e. The highest BCUT2D eigenvalue weighted by molar-refractivity contribution is 5.75. The molecule has 28 heavy (non-hydrogen) atoms. The van der Waals surface area contributed by atoms with E-state index >= 15 is 0 Å². The zero-order valence-corrected chi connectivity index (χ0v) is 18.8. The first-order chi connectivity index (χ1) is 13.7. The van der Waals surface area contributed by atoms with Crippen molar-refractivity contribution in [2.75, 3.05) is 7.11 Å². The van der Waals surface area contributed by atoms with Gasteiger partial charge in [0.15, 0.2) is 0 Å². The quantitative estimate of drug-likeness (QED) is 0.210. The van der Waals surface area contributed by atoms with Crippen molar-refractivity contribution in [3.05, 3.63) is 42.5 Å². The Morgan fingerprint density at radius 3 is 1.75 bits per heavy atom. The minimum absolute atomic E-state index is 0.336. The van der Waals surface area contributed by atoms with E-state index in [0.29, 0.717) is 5.78 Å². The van der Waals surface area contributed by atoms with Crippen LogP contribution in [0, 0.1) is 0 Å². The lowest BCUT2D eigenvalue weighted by Crippen LogP contribution is -1.89. The van der Waals surface area contributed by atoms with Crippen molar-refractivity contribution >= 4 is 5.78 Å². The highest BCUT2D eigenvalue weighted by Gasteiger charge is 1.93. The molecule has 0 atom stereocenters. The third-order valence-electron chi connectivity index (χ3n) is 4.77. The van der Waals surface area contributed by atoms with E-state index in [1.807, 2.05) is 30.3 Å². The van der Waals surface area contributed by atoms with Crippen molar-refractivity contribution in [3.63, 3.8) is 0 Å². The molecule has 0 aliphatic heterocycles. The summed E-state index contributed by atoms with van der Waals surface area (Å²) in [6.07, 6.45) is 22.6. The number of unbranched alkanes of at least 4 members (excludes halogenated alkanes) is 11. The van der Waals surface area contributed by atoms with Crippen LogP contribution in [0.15, 0.2) is 42.5 Å². The van der Waals surface area contributed by atoms with Crippen LogP contribution in [0.5, 0.6) is 5.75 Å². The number of hydrogen-bond donors (Lipinski definition) is 0. The molecular formula is C26H44O2. The van der Waals surface area contributed by atoms with Gasteiger partial charge in [-0.15, -0.1) is 0 Å². The van der Waals surface area contributed by atoms with Crippen LogP contribution in [0.3, 0.4) is 0 Å². The molecule has 2 heteroatoms. The van der Waals surface area contributed by atoms with Gasteiger partial charge in [0.2, 0.25) is 0 Å². The van der Waals surface area contributed by atoms with Crippen molar-refractivity contribution in [2.24, 2.45) is 0 Å². The van der Waals surface area contributed by atoms with Crippen LogP contribution in [-0.4, -0.2) is 12.9 Å². The fourth-order valence-corrected chi connectivity index (χ4v) is 3.00. The molecule has 0 N–H and O–H groups in total. The predicted octanol–water partition coefficient (Wildman–Crippen LogP) is 8.31. The summed E-state index contributed by atoms with van der Waals surface area (Å²) in [7, 11) is 1.66. The monoisotopic (exact) mass is 388 g/mol. The van der Waals surface area contributed by atoms with Crippen molar-refractivity contribution < 1.29 is 9.53 Å². The number of rotatable bonds is 16. The Kier molecular flexibility index (Phi) is 20.5. The number of carbonyl (C=O) groups is 1. The van der Waals surface area contributed by atoms with Gasteiger partial charge in [-0.3, -0.25) is 0 Å². The van der Waals surface area contributed by atoms with Gasteiger partial charge >= 0.3 is 0 Å². The Bertz CT molecular complexity index is 465. The molecule has 0 saturated carbocycles. The maximum Gasteiger partial charge on any atom is 0.129 e. The van der Waals surface area contributed by atoms with Crippen LogP contribution in [0.25, 0.3) is 0 Å². The van der Waals surface area contributed by atoms with Gasteiger partial charge < -0.3 is 9.53 Å². The molecule has 0 saturated heterocycles. The lowest BCUT2D eigenvalue weighted by atomic mass is 10.1. The Hall–Kier alpha value is -1.57. The summed E-state index contributed by atoms with van der Waals surface area (Å²) in [4.78, 5) is 10.8. The highest BCUT2D eigenvalue weighted by Crippen LogP contribution is 2.10. The van der Waals surface area contributed by atoms with Crippen LogP contribution >= 0.6 is 0 Å². The lowest BCUT2D eigenvalue weighted by Gasteiger charge is -1.99. The van der Waals surface area contributed by atoms with Gasteiger partial charge in [-0.1, -0.05) is 88.6 Å². The van der Waals surface area contributed by atoms with Gasteiger partial charge in [0, 0.05) is 6.42 Å². The van der Waals surface area contributed by atoms with E-state index in [1.54, 1.807) is 14.0 Å². The first-order valence-corrected chi connectivity index (χ1v) is 11.4. The fourth-order valence-electron chi connectivity index (χ4n) is 3.00. The van der Waals surface area contributed by atoms with Gasteiger partial charge in [0.05, 0.1) is 7.11 Å². The van der Waals surface area contributed by atoms with Crippen molar-refractivity contribution in [2.45, 2.75) is 104 Å². The Balaban J connectivity index is 0.000000749. The molecule has 0 fully saturated rings. The summed E-state index contributed by atoms with van der Waals surface area (Å²) in [6, 6.07) is 9.68. The van der Waals surface area contributed by atoms with Gasteiger partial charge in [0.1, 0.15) is 11.5 Å². The van der Waals surface area contributed by atoms with E-state index < -0.39 is 0 Å². The SMILES string of the molecule is CCCCCCCC/C=C/CCCCCCCC(C)=O.COc1ccccc1. The average Bonchev–Trinajstić information content (AvgIpc) is 2.72. The third kappa shape index (κ3) is 20.7. The summed E-state index contributed by atoms with van der Waals surface area (Å²) < 4.78 is 4.91. The van der Waals surface area contributed by atoms with E-state index in [4.69, 9.17) is 4.74 Å². The molecule has 160 valence electrons. The first-order valence-electron chi connectivity index (χ1n) is 11.4. The Morgan fingerprint density at radius 2 is 1.29 bits per heavy atom. The maximum atomic E-state index is 10.8.